The maximum absolute atomic E-state index is 5.90. The molecule has 0 aromatic heterocycles. The van der Waals surface area contributed by atoms with Crippen LogP contribution in [0.4, 0.5) is 0 Å². The molecule has 0 heterocycles. The van der Waals surface area contributed by atoms with Gasteiger partial charge in [0.15, 0.2) is 0 Å². The smallest absolute Gasteiger partial charge is 0.119 e. The van der Waals surface area contributed by atoms with Crippen LogP contribution in [0.25, 0.3) is 0 Å². The Hall–Kier alpha value is -0.770. The van der Waals surface area contributed by atoms with Crippen LogP contribution in [0.2, 0.25) is 0 Å². The highest BCUT2D eigenvalue weighted by atomic mass is 35.5. The Bertz CT molecular complexity index is 317. The van der Waals surface area contributed by atoms with E-state index < -0.39 is 0 Å². The fourth-order valence-corrected chi connectivity index (χ4v) is 1.89. The summed E-state index contributed by atoms with van der Waals surface area (Å²) in [7, 11) is 1.70. The second kappa shape index (κ2) is 5.95. The first-order chi connectivity index (χ1) is 6.29. The second-order valence-corrected chi connectivity index (χ2v) is 3.64. The molecule has 0 amide bonds. The van der Waals surface area contributed by atoms with Gasteiger partial charge in [-0.15, -0.1) is 12.4 Å². The third-order valence-corrected chi connectivity index (χ3v) is 2.68. The molecular weight excluding hydrogens is 214 g/mol. The van der Waals surface area contributed by atoms with E-state index in [2.05, 4.69) is 12.1 Å². The van der Waals surface area contributed by atoms with Gasteiger partial charge in [0.2, 0.25) is 0 Å². The number of halogens is 1. The van der Waals surface area contributed by atoms with Crippen molar-refractivity contribution in [2.75, 3.05) is 7.11 Å². The summed E-state index contributed by atoms with van der Waals surface area (Å²) in [5.41, 5.74) is 8.69. The topological polar surface area (TPSA) is 66.8 Å². The van der Waals surface area contributed by atoms with E-state index in [1.54, 1.807) is 7.11 Å². The van der Waals surface area contributed by atoms with E-state index in [0.717, 1.165) is 25.0 Å². The third kappa shape index (κ3) is 3.09. The zero-order chi connectivity index (χ0) is 9.26. The highest BCUT2D eigenvalue weighted by molar-refractivity contribution is 5.85. The lowest BCUT2D eigenvalue weighted by molar-refractivity contribution is 0.413. The zero-order valence-electron chi connectivity index (χ0n) is 8.82. The van der Waals surface area contributed by atoms with Crippen LogP contribution in [-0.4, -0.2) is 18.6 Å². The monoisotopic (exact) mass is 231 g/mol. The molecule has 4 heteroatoms. The Morgan fingerprint density at radius 2 is 2.07 bits per heavy atom. The number of rotatable bonds is 1. The van der Waals surface area contributed by atoms with E-state index in [4.69, 9.17) is 10.5 Å². The summed E-state index contributed by atoms with van der Waals surface area (Å²) in [6.07, 6.45) is 3.21. The van der Waals surface area contributed by atoms with E-state index in [0.29, 0.717) is 6.04 Å². The number of ether oxygens (including phenoxy) is 1. The molecule has 0 aliphatic heterocycles. The minimum atomic E-state index is 0. The third-order valence-electron chi connectivity index (χ3n) is 2.68. The minimum Gasteiger partial charge on any atom is -0.497 e. The summed E-state index contributed by atoms with van der Waals surface area (Å²) in [6.45, 7) is 0. The number of aryl methyl sites for hydroxylation is 1. The Morgan fingerprint density at radius 3 is 2.73 bits per heavy atom. The van der Waals surface area contributed by atoms with Crippen LogP contribution in [0.15, 0.2) is 18.2 Å². The van der Waals surface area contributed by atoms with Crippen molar-refractivity contribution in [3.05, 3.63) is 29.3 Å². The summed E-state index contributed by atoms with van der Waals surface area (Å²) >= 11 is 0. The van der Waals surface area contributed by atoms with Crippen molar-refractivity contribution in [1.82, 2.24) is 0 Å². The summed E-state index contributed by atoms with van der Waals surface area (Å²) < 4.78 is 5.17. The van der Waals surface area contributed by atoms with Gasteiger partial charge in [0.1, 0.15) is 5.75 Å². The van der Waals surface area contributed by atoms with Crippen LogP contribution in [0, 0.1) is 0 Å². The summed E-state index contributed by atoms with van der Waals surface area (Å²) in [6, 6.07) is 6.61. The van der Waals surface area contributed by atoms with Crippen molar-refractivity contribution in [3.8, 4) is 5.75 Å². The summed E-state index contributed by atoms with van der Waals surface area (Å²) in [5.74, 6) is 0.938. The van der Waals surface area contributed by atoms with Crippen molar-refractivity contribution >= 4 is 12.4 Å². The van der Waals surface area contributed by atoms with Gasteiger partial charge in [-0.05, 0) is 42.5 Å². The van der Waals surface area contributed by atoms with Gasteiger partial charge < -0.3 is 15.9 Å². The van der Waals surface area contributed by atoms with Gasteiger partial charge in [0.05, 0.1) is 7.11 Å². The number of fused-ring (bicyclic) bond motifs is 1. The molecule has 1 aromatic rings. The van der Waals surface area contributed by atoms with Gasteiger partial charge in [-0.3, -0.25) is 0 Å². The van der Waals surface area contributed by atoms with E-state index in [-0.39, 0.29) is 17.9 Å². The molecule has 15 heavy (non-hydrogen) atoms. The molecule has 1 atom stereocenters. The molecule has 0 bridgehead atoms. The van der Waals surface area contributed by atoms with Crippen molar-refractivity contribution in [1.29, 1.82) is 0 Å². The molecule has 0 spiro atoms. The van der Waals surface area contributed by atoms with E-state index >= 15 is 0 Å². The van der Waals surface area contributed by atoms with E-state index in [1.807, 2.05) is 6.07 Å². The molecule has 0 fully saturated rings. The Kier molecular flexibility index (Phi) is 5.65. The molecule has 1 aromatic carbocycles. The number of benzene rings is 1. The Morgan fingerprint density at radius 1 is 1.33 bits per heavy atom. The maximum Gasteiger partial charge on any atom is 0.119 e. The molecule has 0 saturated carbocycles. The van der Waals surface area contributed by atoms with Crippen LogP contribution >= 0.6 is 12.4 Å². The van der Waals surface area contributed by atoms with Gasteiger partial charge in [0, 0.05) is 6.04 Å². The Labute approximate surface area is 96.3 Å². The molecule has 1 aliphatic rings. The van der Waals surface area contributed by atoms with Gasteiger partial charge in [-0.2, -0.15) is 0 Å². The molecule has 3 nitrogen and oxygen atoms in total. The normalized spacial score (nSPS) is 18.1. The number of hydrogen-bond acceptors (Lipinski definition) is 2. The average Bonchev–Trinajstić information content (AvgIpc) is 2.16. The van der Waals surface area contributed by atoms with Crippen molar-refractivity contribution in [2.45, 2.75) is 25.3 Å². The molecule has 0 saturated heterocycles. The number of methoxy groups -OCH3 is 1. The van der Waals surface area contributed by atoms with Gasteiger partial charge in [-0.1, -0.05) is 6.07 Å². The fourth-order valence-electron chi connectivity index (χ4n) is 1.89. The SMILES string of the molecule is COc1ccc2c(c1)C[C@@H](N)CC2.Cl.O. The van der Waals surface area contributed by atoms with Crippen LogP contribution < -0.4 is 10.5 Å². The fraction of sp³-hybridized carbons (Fsp3) is 0.455. The average molecular weight is 232 g/mol. The molecule has 0 radical (unpaired) electrons. The van der Waals surface area contributed by atoms with Crippen LogP contribution in [0.1, 0.15) is 17.5 Å². The molecular formula is C11H18ClNO2. The Balaban J connectivity index is 0.000000980. The first-order valence-corrected chi connectivity index (χ1v) is 4.71. The van der Waals surface area contributed by atoms with Crippen molar-refractivity contribution in [3.63, 3.8) is 0 Å². The molecule has 2 rings (SSSR count). The quantitative estimate of drug-likeness (QED) is 0.787. The van der Waals surface area contributed by atoms with Crippen molar-refractivity contribution in [2.24, 2.45) is 5.73 Å². The predicted octanol–water partition coefficient (Wildman–Crippen LogP) is 1.11. The maximum atomic E-state index is 5.90. The minimum absolute atomic E-state index is 0. The summed E-state index contributed by atoms with van der Waals surface area (Å²) in [4.78, 5) is 0. The van der Waals surface area contributed by atoms with Gasteiger partial charge in [-0.25, -0.2) is 0 Å². The second-order valence-electron chi connectivity index (χ2n) is 3.64. The van der Waals surface area contributed by atoms with E-state index in [9.17, 15) is 0 Å². The molecule has 0 unspecified atom stereocenters. The molecule has 1 aliphatic carbocycles. The zero-order valence-corrected chi connectivity index (χ0v) is 9.64. The number of hydrogen-bond donors (Lipinski definition) is 1. The lowest BCUT2D eigenvalue weighted by Gasteiger charge is -2.21. The first-order valence-electron chi connectivity index (χ1n) is 4.71. The van der Waals surface area contributed by atoms with Gasteiger partial charge >= 0.3 is 0 Å². The highest BCUT2D eigenvalue weighted by Gasteiger charge is 2.15. The lowest BCUT2D eigenvalue weighted by Crippen LogP contribution is -2.27. The predicted molar refractivity (Wildman–Crippen MR) is 63.9 cm³/mol. The number of nitrogens with two attached hydrogens (primary N) is 1. The van der Waals surface area contributed by atoms with Gasteiger partial charge in [0.25, 0.3) is 0 Å². The molecule has 4 N–H and O–H groups in total. The molecule has 86 valence electrons. The lowest BCUT2D eigenvalue weighted by atomic mass is 9.89. The van der Waals surface area contributed by atoms with Crippen molar-refractivity contribution < 1.29 is 10.2 Å². The first kappa shape index (κ1) is 14.2. The van der Waals surface area contributed by atoms with Crippen LogP contribution in [-0.2, 0) is 12.8 Å². The van der Waals surface area contributed by atoms with E-state index in [1.165, 1.54) is 11.1 Å². The summed E-state index contributed by atoms with van der Waals surface area (Å²) in [5, 5.41) is 0. The standard InChI is InChI=1S/C11H15NO.ClH.H2O/c1-13-11-5-3-8-2-4-10(12)6-9(8)7-11;;/h3,5,7,10H,2,4,6,12H2,1H3;1H;1H2/t10-;;/m0../s1. The largest absolute Gasteiger partial charge is 0.497 e. The highest BCUT2D eigenvalue weighted by Crippen LogP contribution is 2.24. The van der Waals surface area contributed by atoms with Crippen LogP contribution in [0.5, 0.6) is 5.75 Å². The van der Waals surface area contributed by atoms with Crippen LogP contribution in [0.3, 0.4) is 0 Å².